The molecule has 0 N–H and O–H groups in total. The van der Waals surface area contributed by atoms with E-state index in [4.69, 9.17) is 23.2 Å². The predicted molar refractivity (Wildman–Crippen MR) is 80.6 cm³/mol. The molecule has 0 bridgehead atoms. The largest absolute Gasteiger partial charge is 0.243 e. The van der Waals surface area contributed by atoms with Gasteiger partial charge in [-0.25, -0.2) is 12.8 Å². The fourth-order valence-electron chi connectivity index (χ4n) is 2.36. The van der Waals surface area contributed by atoms with Crippen LogP contribution in [0.2, 0.25) is 5.02 Å². The van der Waals surface area contributed by atoms with E-state index in [9.17, 15) is 12.8 Å². The van der Waals surface area contributed by atoms with Gasteiger partial charge in [0, 0.05) is 18.5 Å². The molecule has 116 valence electrons. The van der Waals surface area contributed by atoms with Crippen molar-refractivity contribution in [1.29, 1.82) is 0 Å². The summed E-state index contributed by atoms with van der Waals surface area (Å²) in [5.74, 6) is -0.314. The molecule has 0 atom stereocenters. The summed E-state index contributed by atoms with van der Waals surface area (Å²) in [6.07, 6.45) is 3.90. The minimum absolute atomic E-state index is 0.0227. The van der Waals surface area contributed by atoms with Gasteiger partial charge in [-0.1, -0.05) is 11.6 Å². The first-order chi connectivity index (χ1) is 9.93. The molecule has 2 saturated carbocycles. The van der Waals surface area contributed by atoms with Crippen molar-refractivity contribution in [2.24, 2.45) is 5.92 Å². The second-order valence-corrected chi connectivity index (χ2v) is 8.30. The number of hydrogen-bond acceptors (Lipinski definition) is 2. The minimum atomic E-state index is -3.69. The van der Waals surface area contributed by atoms with E-state index in [1.54, 1.807) is 0 Å². The highest BCUT2D eigenvalue weighted by Crippen LogP contribution is 2.38. The maximum Gasteiger partial charge on any atom is 0.243 e. The highest BCUT2D eigenvalue weighted by Gasteiger charge is 2.41. The van der Waals surface area contributed by atoms with Crippen LogP contribution in [0.15, 0.2) is 17.0 Å². The Morgan fingerprint density at radius 1 is 1.24 bits per heavy atom. The first kappa shape index (κ1) is 15.5. The molecule has 2 fully saturated rings. The third-order valence-corrected chi connectivity index (χ3v) is 6.52. The van der Waals surface area contributed by atoms with Gasteiger partial charge in [-0.2, -0.15) is 4.31 Å². The number of nitrogens with zero attached hydrogens (tertiary/aromatic N) is 1. The fourth-order valence-corrected chi connectivity index (χ4v) is 4.64. The van der Waals surface area contributed by atoms with Crippen molar-refractivity contribution < 1.29 is 12.8 Å². The molecule has 21 heavy (non-hydrogen) atoms. The van der Waals surface area contributed by atoms with Crippen LogP contribution >= 0.6 is 23.2 Å². The van der Waals surface area contributed by atoms with E-state index in [0.29, 0.717) is 18.0 Å². The van der Waals surface area contributed by atoms with Crippen LogP contribution < -0.4 is 0 Å². The Labute approximate surface area is 134 Å². The third-order valence-electron chi connectivity index (χ3n) is 3.92. The molecule has 0 saturated heterocycles. The Bertz CT molecular complexity index is 657. The second-order valence-electron chi connectivity index (χ2n) is 5.76. The number of sulfonamides is 1. The minimum Gasteiger partial charge on any atom is -0.207 e. The number of rotatable bonds is 6. The maximum atomic E-state index is 13.8. The van der Waals surface area contributed by atoms with Crippen LogP contribution in [-0.4, -0.2) is 25.3 Å². The van der Waals surface area contributed by atoms with Crippen LogP contribution in [0.5, 0.6) is 0 Å². The van der Waals surface area contributed by atoms with Crippen molar-refractivity contribution in [1.82, 2.24) is 4.31 Å². The fraction of sp³-hybridized carbons (Fsp3) is 0.571. The molecule has 2 aliphatic rings. The summed E-state index contributed by atoms with van der Waals surface area (Å²) in [4.78, 5) is -0.0485. The Kier molecular flexibility index (Phi) is 4.21. The van der Waals surface area contributed by atoms with Gasteiger partial charge < -0.3 is 0 Å². The van der Waals surface area contributed by atoms with Gasteiger partial charge >= 0.3 is 0 Å². The molecule has 7 heteroatoms. The van der Waals surface area contributed by atoms with Crippen molar-refractivity contribution in [3.63, 3.8) is 0 Å². The summed E-state index contributed by atoms with van der Waals surface area (Å²) in [6.45, 7) is 0.535. The average molecular weight is 352 g/mol. The molecular formula is C14H16Cl2FNO2S. The maximum absolute atomic E-state index is 13.8. The molecular weight excluding hydrogens is 336 g/mol. The molecule has 3 nitrogen and oxygen atoms in total. The number of alkyl halides is 1. The number of benzene rings is 1. The Balaban J connectivity index is 1.97. The van der Waals surface area contributed by atoms with Crippen LogP contribution in [0.1, 0.15) is 31.2 Å². The van der Waals surface area contributed by atoms with Crippen molar-refractivity contribution in [3.05, 3.63) is 28.5 Å². The van der Waals surface area contributed by atoms with Gasteiger partial charge in [0.05, 0.1) is 9.92 Å². The molecule has 0 aromatic heterocycles. The first-order valence-corrected chi connectivity index (χ1v) is 9.34. The smallest absolute Gasteiger partial charge is 0.207 e. The highest BCUT2D eigenvalue weighted by molar-refractivity contribution is 7.89. The summed E-state index contributed by atoms with van der Waals surface area (Å²) in [6, 6.07) is 2.44. The van der Waals surface area contributed by atoms with Gasteiger partial charge in [-0.3, -0.25) is 0 Å². The summed E-state index contributed by atoms with van der Waals surface area (Å²) in [5.41, 5.74) is 0.305. The van der Waals surface area contributed by atoms with E-state index >= 15 is 0 Å². The van der Waals surface area contributed by atoms with Crippen molar-refractivity contribution in [2.75, 3.05) is 6.54 Å². The Hall–Kier alpha value is -0.360. The zero-order chi connectivity index (χ0) is 15.2. The van der Waals surface area contributed by atoms with E-state index in [-0.39, 0.29) is 21.8 Å². The van der Waals surface area contributed by atoms with Crippen molar-refractivity contribution in [3.8, 4) is 0 Å². The van der Waals surface area contributed by atoms with E-state index in [2.05, 4.69) is 0 Å². The second kappa shape index (κ2) is 5.69. The quantitative estimate of drug-likeness (QED) is 0.731. The van der Waals surface area contributed by atoms with Gasteiger partial charge in [0.25, 0.3) is 0 Å². The highest BCUT2D eigenvalue weighted by atomic mass is 35.5. The zero-order valence-electron chi connectivity index (χ0n) is 11.4. The van der Waals surface area contributed by atoms with E-state index in [1.807, 2.05) is 0 Å². The van der Waals surface area contributed by atoms with Crippen molar-refractivity contribution >= 4 is 33.2 Å². The molecule has 0 spiro atoms. The summed E-state index contributed by atoms with van der Waals surface area (Å²) >= 11 is 11.5. The SMILES string of the molecule is O=S(=O)(c1cc(F)c(Cl)c(CCl)c1)N(CC1CC1)C1CC1. The first-order valence-electron chi connectivity index (χ1n) is 6.99. The Morgan fingerprint density at radius 2 is 1.90 bits per heavy atom. The summed E-state index contributed by atoms with van der Waals surface area (Å²) in [7, 11) is -3.69. The van der Waals surface area contributed by atoms with Crippen LogP contribution in [0.4, 0.5) is 4.39 Å². The predicted octanol–water partition coefficient (Wildman–Crippen LogP) is 3.78. The lowest BCUT2D eigenvalue weighted by Gasteiger charge is -2.22. The van der Waals surface area contributed by atoms with Gasteiger partial charge in [0.1, 0.15) is 5.82 Å². The van der Waals surface area contributed by atoms with Gasteiger partial charge in [0.15, 0.2) is 0 Å². The number of halogens is 3. The van der Waals surface area contributed by atoms with Crippen LogP contribution in [0.3, 0.4) is 0 Å². The topological polar surface area (TPSA) is 37.4 Å². The molecule has 1 aromatic carbocycles. The molecule has 0 unspecified atom stereocenters. The van der Waals surface area contributed by atoms with Crippen molar-refractivity contribution in [2.45, 2.75) is 42.5 Å². The molecule has 0 amide bonds. The monoisotopic (exact) mass is 351 g/mol. The molecule has 0 aliphatic heterocycles. The molecule has 2 aliphatic carbocycles. The zero-order valence-corrected chi connectivity index (χ0v) is 13.7. The lowest BCUT2D eigenvalue weighted by Crippen LogP contribution is -2.35. The molecule has 3 rings (SSSR count). The van der Waals surface area contributed by atoms with Crippen LogP contribution in [0.25, 0.3) is 0 Å². The van der Waals surface area contributed by atoms with E-state index in [0.717, 1.165) is 31.7 Å². The standard InChI is InChI=1S/C14H16Cl2FNO2S/c15-7-10-5-12(6-13(17)14(10)16)21(19,20)18(11-3-4-11)8-9-1-2-9/h5-6,9,11H,1-4,7-8H2. The normalized spacial score (nSPS) is 19.2. The van der Waals surface area contributed by atoms with Crippen LogP contribution in [0, 0.1) is 11.7 Å². The average Bonchev–Trinajstić information content (AvgIpc) is 3.31. The van der Waals surface area contributed by atoms with Crippen LogP contribution in [-0.2, 0) is 15.9 Å². The molecule has 0 radical (unpaired) electrons. The molecule has 1 aromatic rings. The molecule has 0 heterocycles. The number of hydrogen-bond donors (Lipinski definition) is 0. The Morgan fingerprint density at radius 3 is 2.43 bits per heavy atom. The van der Waals surface area contributed by atoms with Gasteiger partial charge in [-0.15, -0.1) is 11.6 Å². The third kappa shape index (κ3) is 3.21. The van der Waals surface area contributed by atoms with Gasteiger partial charge in [0.2, 0.25) is 10.0 Å². The lowest BCUT2D eigenvalue weighted by molar-refractivity contribution is 0.388. The van der Waals surface area contributed by atoms with E-state index < -0.39 is 15.8 Å². The van der Waals surface area contributed by atoms with E-state index in [1.165, 1.54) is 10.4 Å². The van der Waals surface area contributed by atoms with Gasteiger partial charge in [-0.05, 0) is 49.3 Å². The summed E-state index contributed by atoms with van der Waals surface area (Å²) in [5, 5.41) is -0.107. The lowest BCUT2D eigenvalue weighted by atomic mass is 10.2. The summed E-state index contributed by atoms with van der Waals surface area (Å²) < 4.78 is 40.9.